The van der Waals surface area contributed by atoms with E-state index in [0.717, 1.165) is 32.6 Å². The molecule has 1 aromatic carbocycles. The SMILES string of the molecule is OCC1(CNC2CCCc3ccccc32)CCOCC1. The van der Waals surface area contributed by atoms with Gasteiger partial charge in [-0.05, 0) is 43.2 Å². The van der Waals surface area contributed by atoms with Crippen LogP contribution in [-0.2, 0) is 11.2 Å². The van der Waals surface area contributed by atoms with E-state index in [1.165, 1.54) is 30.4 Å². The smallest absolute Gasteiger partial charge is 0.0501 e. The summed E-state index contributed by atoms with van der Waals surface area (Å²) in [5.41, 5.74) is 2.96. The van der Waals surface area contributed by atoms with Gasteiger partial charge in [-0.1, -0.05) is 24.3 Å². The lowest BCUT2D eigenvalue weighted by atomic mass is 9.80. The van der Waals surface area contributed by atoms with Crippen LogP contribution < -0.4 is 5.32 Å². The first-order valence-electron chi connectivity index (χ1n) is 7.83. The highest BCUT2D eigenvalue weighted by Gasteiger charge is 2.33. The Kier molecular flexibility index (Phi) is 4.39. The third kappa shape index (κ3) is 2.90. The van der Waals surface area contributed by atoms with Crippen LogP contribution in [0.4, 0.5) is 0 Å². The molecular formula is C17H25NO2. The number of aliphatic hydroxyl groups excluding tert-OH is 1. The predicted molar refractivity (Wildman–Crippen MR) is 79.7 cm³/mol. The maximum absolute atomic E-state index is 9.77. The van der Waals surface area contributed by atoms with Crippen LogP contribution in [0.3, 0.4) is 0 Å². The molecule has 1 heterocycles. The number of fused-ring (bicyclic) bond motifs is 1. The average molecular weight is 275 g/mol. The summed E-state index contributed by atoms with van der Waals surface area (Å²) in [6.45, 7) is 2.72. The Morgan fingerprint density at radius 3 is 2.85 bits per heavy atom. The van der Waals surface area contributed by atoms with Gasteiger partial charge in [0.15, 0.2) is 0 Å². The number of ether oxygens (including phenoxy) is 1. The molecule has 1 unspecified atom stereocenters. The van der Waals surface area contributed by atoms with Gasteiger partial charge in [-0.3, -0.25) is 0 Å². The number of rotatable bonds is 4. The average Bonchev–Trinajstić information content (AvgIpc) is 2.54. The van der Waals surface area contributed by atoms with Crippen molar-refractivity contribution in [3.8, 4) is 0 Å². The van der Waals surface area contributed by atoms with Gasteiger partial charge in [0.25, 0.3) is 0 Å². The second-order valence-corrected chi connectivity index (χ2v) is 6.30. The lowest BCUT2D eigenvalue weighted by Crippen LogP contribution is -2.43. The maximum Gasteiger partial charge on any atom is 0.0501 e. The number of nitrogens with one attached hydrogen (secondary N) is 1. The molecule has 1 aliphatic carbocycles. The number of hydrogen-bond acceptors (Lipinski definition) is 3. The highest BCUT2D eigenvalue weighted by Crippen LogP contribution is 2.33. The van der Waals surface area contributed by atoms with E-state index < -0.39 is 0 Å². The van der Waals surface area contributed by atoms with Gasteiger partial charge < -0.3 is 15.2 Å². The van der Waals surface area contributed by atoms with Crippen molar-refractivity contribution < 1.29 is 9.84 Å². The van der Waals surface area contributed by atoms with Crippen LogP contribution in [0.2, 0.25) is 0 Å². The third-order valence-electron chi connectivity index (χ3n) is 4.98. The van der Waals surface area contributed by atoms with E-state index in [9.17, 15) is 5.11 Å². The number of hydrogen-bond donors (Lipinski definition) is 2. The first-order valence-corrected chi connectivity index (χ1v) is 7.83. The van der Waals surface area contributed by atoms with E-state index in [1.807, 2.05) is 0 Å². The van der Waals surface area contributed by atoms with Gasteiger partial charge in [0, 0.05) is 31.2 Å². The molecule has 3 rings (SSSR count). The molecule has 0 bridgehead atoms. The number of benzene rings is 1. The second kappa shape index (κ2) is 6.25. The molecule has 1 saturated heterocycles. The van der Waals surface area contributed by atoms with Crippen LogP contribution in [0.5, 0.6) is 0 Å². The summed E-state index contributed by atoms with van der Waals surface area (Å²) in [5, 5.41) is 13.5. The first kappa shape index (κ1) is 14.1. The minimum absolute atomic E-state index is 0.0185. The normalized spacial score (nSPS) is 25.1. The third-order valence-corrected chi connectivity index (χ3v) is 4.98. The highest BCUT2D eigenvalue weighted by molar-refractivity contribution is 5.32. The molecule has 1 aromatic rings. The Balaban J connectivity index is 1.66. The molecule has 1 atom stereocenters. The fraction of sp³-hybridized carbons (Fsp3) is 0.647. The quantitative estimate of drug-likeness (QED) is 0.887. The van der Waals surface area contributed by atoms with Crippen molar-refractivity contribution in [1.29, 1.82) is 0 Å². The van der Waals surface area contributed by atoms with Crippen molar-refractivity contribution in [1.82, 2.24) is 5.32 Å². The second-order valence-electron chi connectivity index (χ2n) is 6.30. The lowest BCUT2D eigenvalue weighted by Gasteiger charge is -2.38. The molecule has 0 amide bonds. The van der Waals surface area contributed by atoms with E-state index in [1.54, 1.807) is 0 Å². The van der Waals surface area contributed by atoms with Crippen molar-refractivity contribution in [2.24, 2.45) is 5.41 Å². The molecule has 0 radical (unpaired) electrons. The Morgan fingerprint density at radius 2 is 2.05 bits per heavy atom. The van der Waals surface area contributed by atoms with Crippen LogP contribution in [-0.4, -0.2) is 31.5 Å². The Hall–Kier alpha value is -0.900. The molecular weight excluding hydrogens is 250 g/mol. The van der Waals surface area contributed by atoms with Gasteiger partial charge in [-0.15, -0.1) is 0 Å². The van der Waals surface area contributed by atoms with E-state index in [-0.39, 0.29) is 12.0 Å². The molecule has 110 valence electrons. The van der Waals surface area contributed by atoms with Crippen LogP contribution >= 0.6 is 0 Å². The van der Waals surface area contributed by atoms with Crippen molar-refractivity contribution in [2.75, 3.05) is 26.4 Å². The standard InChI is InChI=1S/C17H25NO2/c19-13-17(8-10-20-11-9-17)12-18-16-7-3-5-14-4-1-2-6-15(14)16/h1-2,4,6,16,18-19H,3,5,7-13H2. The van der Waals surface area contributed by atoms with Gasteiger partial charge in [0.05, 0.1) is 6.61 Å². The number of aryl methyl sites for hydroxylation is 1. The Bertz CT molecular complexity index is 440. The first-order chi connectivity index (χ1) is 9.83. The van der Waals surface area contributed by atoms with Crippen LogP contribution in [0.25, 0.3) is 0 Å². The summed E-state index contributed by atoms with van der Waals surface area (Å²) < 4.78 is 5.44. The van der Waals surface area contributed by atoms with Crippen molar-refractivity contribution in [2.45, 2.75) is 38.1 Å². The zero-order valence-electron chi connectivity index (χ0n) is 12.1. The molecule has 20 heavy (non-hydrogen) atoms. The molecule has 1 aliphatic heterocycles. The monoisotopic (exact) mass is 275 g/mol. The summed E-state index contributed by atoms with van der Waals surface area (Å²) in [4.78, 5) is 0. The molecule has 3 nitrogen and oxygen atoms in total. The van der Waals surface area contributed by atoms with Gasteiger partial charge in [0.1, 0.15) is 0 Å². The van der Waals surface area contributed by atoms with Crippen molar-refractivity contribution >= 4 is 0 Å². The highest BCUT2D eigenvalue weighted by atomic mass is 16.5. The topological polar surface area (TPSA) is 41.5 Å². The maximum atomic E-state index is 9.77. The van der Waals surface area contributed by atoms with Gasteiger partial charge in [0.2, 0.25) is 0 Å². The van der Waals surface area contributed by atoms with E-state index in [4.69, 9.17) is 4.74 Å². The fourth-order valence-corrected chi connectivity index (χ4v) is 3.50. The van der Waals surface area contributed by atoms with Gasteiger partial charge in [-0.2, -0.15) is 0 Å². The molecule has 0 spiro atoms. The molecule has 0 aromatic heterocycles. The van der Waals surface area contributed by atoms with Crippen LogP contribution in [0.15, 0.2) is 24.3 Å². The summed E-state index contributed by atoms with van der Waals surface area (Å²) in [6, 6.07) is 9.22. The summed E-state index contributed by atoms with van der Waals surface area (Å²) in [7, 11) is 0. The Morgan fingerprint density at radius 1 is 1.25 bits per heavy atom. The summed E-state index contributed by atoms with van der Waals surface area (Å²) in [6.07, 6.45) is 5.59. The molecule has 2 aliphatic rings. The number of aliphatic hydroxyl groups is 1. The van der Waals surface area contributed by atoms with Crippen LogP contribution in [0.1, 0.15) is 42.9 Å². The largest absolute Gasteiger partial charge is 0.396 e. The van der Waals surface area contributed by atoms with Crippen molar-refractivity contribution in [3.05, 3.63) is 35.4 Å². The molecule has 0 saturated carbocycles. The van der Waals surface area contributed by atoms with Crippen molar-refractivity contribution in [3.63, 3.8) is 0 Å². The zero-order chi connectivity index (χ0) is 13.8. The van der Waals surface area contributed by atoms with Gasteiger partial charge in [-0.25, -0.2) is 0 Å². The molecule has 1 fully saturated rings. The minimum atomic E-state index is 0.0185. The summed E-state index contributed by atoms with van der Waals surface area (Å²) >= 11 is 0. The summed E-state index contributed by atoms with van der Waals surface area (Å²) in [5.74, 6) is 0. The van der Waals surface area contributed by atoms with Crippen LogP contribution in [0, 0.1) is 5.41 Å². The predicted octanol–water partition coefficient (Wildman–Crippen LogP) is 2.44. The lowest BCUT2D eigenvalue weighted by molar-refractivity contribution is -0.0168. The van der Waals surface area contributed by atoms with E-state index >= 15 is 0 Å². The van der Waals surface area contributed by atoms with E-state index in [0.29, 0.717) is 6.04 Å². The fourth-order valence-electron chi connectivity index (χ4n) is 3.50. The van der Waals surface area contributed by atoms with Gasteiger partial charge >= 0.3 is 0 Å². The molecule has 2 N–H and O–H groups in total. The van der Waals surface area contributed by atoms with E-state index in [2.05, 4.69) is 29.6 Å². The minimum Gasteiger partial charge on any atom is -0.396 e. The zero-order valence-corrected chi connectivity index (χ0v) is 12.1. The molecule has 3 heteroatoms. The Labute approximate surface area is 121 Å².